The van der Waals surface area contributed by atoms with Gasteiger partial charge >= 0.3 is 5.69 Å². The van der Waals surface area contributed by atoms with Crippen molar-refractivity contribution in [1.82, 2.24) is 9.13 Å². The Labute approximate surface area is 190 Å². The maximum Gasteiger partial charge on any atom is 0.332 e. The van der Waals surface area contributed by atoms with Crippen LogP contribution in [0, 0.1) is 5.82 Å². The second-order valence-corrected chi connectivity index (χ2v) is 8.23. The topological polar surface area (TPSA) is 82.3 Å². The predicted molar refractivity (Wildman–Crippen MR) is 122 cm³/mol. The van der Waals surface area contributed by atoms with Crippen LogP contribution >= 0.6 is 22.9 Å². The Bertz CT molecular complexity index is 1440. The molecule has 0 atom stereocenters. The number of carbonyl (C=O) groups excluding carboxylic acids is 1. The monoisotopic (exact) mass is 473 g/mol. The molecule has 0 radical (unpaired) electrons. The van der Waals surface area contributed by atoms with Gasteiger partial charge in [0.1, 0.15) is 22.8 Å². The smallest absolute Gasteiger partial charge is 0.332 e. The van der Waals surface area contributed by atoms with Gasteiger partial charge in [0.05, 0.1) is 24.9 Å². The van der Waals surface area contributed by atoms with E-state index in [2.05, 4.69) is 5.32 Å². The van der Waals surface area contributed by atoms with Gasteiger partial charge in [-0.15, -0.1) is 11.3 Å². The first-order valence-electron chi connectivity index (χ1n) is 9.46. The molecule has 2 heterocycles. The average Bonchev–Trinajstić information content (AvgIpc) is 3.26. The van der Waals surface area contributed by atoms with Crippen LogP contribution in [0.2, 0.25) is 5.02 Å². The Morgan fingerprint density at radius 1 is 1.16 bits per heavy atom. The number of nitrogens with zero attached hydrogens (tertiary/aromatic N) is 2. The van der Waals surface area contributed by atoms with Crippen molar-refractivity contribution in [2.45, 2.75) is 13.1 Å². The van der Waals surface area contributed by atoms with E-state index in [1.807, 2.05) is 0 Å². The summed E-state index contributed by atoms with van der Waals surface area (Å²) >= 11 is 6.91. The fourth-order valence-electron chi connectivity index (χ4n) is 3.35. The predicted octanol–water partition coefficient (Wildman–Crippen LogP) is 3.71. The third kappa shape index (κ3) is 4.17. The number of fused-ring (bicyclic) bond motifs is 1. The molecule has 32 heavy (non-hydrogen) atoms. The minimum atomic E-state index is -0.694. The van der Waals surface area contributed by atoms with Crippen LogP contribution in [0.4, 0.5) is 10.1 Å². The minimum absolute atomic E-state index is 0.0248. The second kappa shape index (κ2) is 8.97. The van der Waals surface area contributed by atoms with Gasteiger partial charge in [-0.2, -0.15) is 0 Å². The maximum atomic E-state index is 14.0. The van der Waals surface area contributed by atoms with Crippen molar-refractivity contribution in [2.24, 2.45) is 0 Å². The van der Waals surface area contributed by atoms with Crippen molar-refractivity contribution < 1.29 is 13.9 Å². The number of ether oxygens (including phenoxy) is 1. The molecular formula is C22H17ClFN3O4S. The zero-order valence-corrected chi connectivity index (χ0v) is 18.4. The van der Waals surface area contributed by atoms with E-state index < -0.39 is 29.5 Å². The zero-order valence-electron chi connectivity index (χ0n) is 16.8. The fourth-order valence-corrected chi connectivity index (χ4v) is 4.36. The van der Waals surface area contributed by atoms with Crippen molar-refractivity contribution in [3.63, 3.8) is 0 Å². The number of amides is 1. The summed E-state index contributed by atoms with van der Waals surface area (Å²) < 4.78 is 22.0. The molecule has 164 valence electrons. The third-order valence-electron chi connectivity index (χ3n) is 4.86. The van der Waals surface area contributed by atoms with E-state index in [0.29, 0.717) is 21.5 Å². The number of para-hydroxylation sites is 1. The highest BCUT2D eigenvalue weighted by molar-refractivity contribution is 7.17. The van der Waals surface area contributed by atoms with Crippen molar-refractivity contribution in [3.05, 3.63) is 91.2 Å². The number of thiophene rings is 1. The van der Waals surface area contributed by atoms with Gasteiger partial charge in [0.15, 0.2) is 0 Å². The van der Waals surface area contributed by atoms with Crippen molar-refractivity contribution in [2.75, 3.05) is 12.4 Å². The normalized spacial score (nSPS) is 11.0. The van der Waals surface area contributed by atoms with Crippen LogP contribution in [0.1, 0.15) is 5.56 Å². The van der Waals surface area contributed by atoms with Gasteiger partial charge in [0, 0.05) is 10.6 Å². The largest absolute Gasteiger partial charge is 0.496 e. The summed E-state index contributed by atoms with van der Waals surface area (Å²) in [5, 5.41) is 4.30. The summed E-state index contributed by atoms with van der Waals surface area (Å²) in [6.07, 6.45) is 0. The molecule has 2 aromatic carbocycles. The first-order valence-corrected chi connectivity index (χ1v) is 10.7. The lowest BCUT2D eigenvalue weighted by molar-refractivity contribution is -0.116. The maximum absolute atomic E-state index is 14.0. The summed E-state index contributed by atoms with van der Waals surface area (Å²) in [6, 6.07) is 12.5. The van der Waals surface area contributed by atoms with Gasteiger partial charge in [0.2, 0.25) is 5.91 Å². The van der Waals surface area contributed by atoms with E-state index in [4.69, 9.17) is 16.3 Å². The van der Waals surface area contributed by atoms with E-state index in [0.717, 1.165) is 10.6 Å². The molecule has 0 unspecified atom stereocenters. The lowest BCUT2D eigenvalue weighted by Crippen LogP contribution is -2.41. The standard InChI is InChI=1S/C22H17ClFN3O4S/c1-31-18-5-3-2-4-13(18)11-27-21(29)20-17(8-9-32-20)26(22(27)30)12-19(28)25-16-7-6-14(23)10-15(16)24/h2-10H,11-12H2,1H3,(H,25,28). The summed E-state index contributed by atoms with van der Waals surface area (Å²) in [6.45, 7) is -0.427. The SMILES string of the molecule is COc1ccccc1Cn1c(=O)c2sccc2n(CC(=O)Nc2ccc(Cl)cc2F)c1=O. The number of aromatic nitrogens is 2. The molecule has 2 aromatic heterocycles. The molecule has 0 bridgehead atoms. The van der Waals surface area contributed by atoms with Crippen LogP contribution in [0.5, 0.6) is 5.75 Å². The van der Waals surface area contributed by atoms with E-state index in [-0.39, 0.29) is 17.3 Å². The van der Waals surface area contributed by atoms with E-state index in [1.54, 1.807) is 35.7 Å². The van der Waals surface area contributed by atoms with Gasteiger partial charge < -0.3 is 10.1 Å². The number of nitrogens with one attached hydrogen (secondary N) is 1. The zero-order chi connectivity index (χ0) is 22.8. The molecule has 4 rings (SSSR count). The number of hydrogen-bond donors (Lipinski definition) is 1. The Morgan fingerprint density at radius 3 is 2.69 bits per heavy atom. The highest BCUT2D eigenvalue weighted by Gasteiger charge is 2.18. The Hall–Kier alpha value is -3.43. The van der Waals surface area contributed by atoms with E-state index >= 15 is 0 Å². The average molecular weight is 474 g/mol. The Balaban J connectivity index is 1.73. The van der Waals surface area contributed by atoms with Crippen LogP contribution < -0.4 is 21.3 Å². The van der Waals surface area contributed by atoms with Crippen LogP contribution in [-0.2, 0) is 17.9 Å². The van der Waals surface area contributed by atoms with E-state index in [1.165, 1.54) is 35.1 Å². The molecule has 7 nitrogen and oxygen atoms in total. The van der Waals surface area contributed by atoms with Gasteiger partial charge in [-0.3, -0.25) is 18.7 Å². The van der Waals surface area contributed by atoms with Crippen molar-refractivity contribution in [3.8, 4) is 5.75 Å². The Morgan fingerprint density at radius 2 is 1.94 bits per heavy atom. The summed E-state index contributed by atoms with van der Waals surface area (Å²) in [7, 11) is 1.50. The highest BCUT2D eigenvalue weighted by Crippen LogP contribution is 2.21. The molecular weight excluding hydrogens is 457 g/mol. The summed E-state index contributed by atoms with van der Waals surface area (Å²) in [5.74, 6) is -0.782. The molecule has 0 aliphatic heterocycles. The number of benzene rings is 2. The first-order chi connectivity index (χ1) is 15.4. The minimum Gasteiger partial charge on any atom is -0.496 e. The number of hydrogen-bond acceptors (Lipinski definition) is 5. The lowest BCUT2D eigenvalue weighted by Gasteiger charge is -2.14. The van der Waals surface area contributed by atoms with Crippen LogP contribution in [-0.4, -0.2) is 22.2 Å². The quantitative estimate of drug-likeness (QED) is 0.463. The Kier molecular flexibility index (Phi) is 6.11. The number of anilines is 1. The number of carbonyl (C=O) groups is 1. The third-order valence-corrected chi connectivity index (χ3v) is 5.99. The first kappa shape index (κ1) is 21.8. The summed E-state index contributed by atoms with van der Waals surface area (Å²) in [4.78, 5) is 38.8. The second-order valence-electron chi connectivity index (χ2n) is 6.88. The molecule has 0 saturated heterocycles. The number of halogens is 2. The van der Waals surface area contributed by atoms with Crippen LogP contribution in [0.25, 0.3) is 10.2 Å². The number of methoxy groups -OCH3 is 1. The fraction of sp³-hybridized carbons (Fsp3) is 0.136. The molecule has 1 amide bonds. The van der Waals surface area contributed by atoms with Gasteiger partial charge in [-0.05, 0) is 35.7 Å². The van der Waals surface area contributed by atoms with Gasteiger partial charge in [0.25, 0.3) is 5.56 Å². The highest BCUT2D eigenvalue weighted by atomic mass is 35.5. The molecule has 1 N–H and O–H groups in total. The molecule has 0 aliphatic rings. The molecule has 0 fully saturated rings. The van der Waals surface area contributed by atoms with Gasteiger partial charge in [-0.1, -0.05) is 29.8 Å². The molecule has 0 aliphatic carbocycles. The lowest BCUT2D eigenvalue weighted by atomic mass is 10.2. The van der Waals surface area contributed by atoms with Crippen LogP contribution in [0.15, 0.2) is 63.5 Å². The van der Waals surface area contributed by atoms with Gasteiger partial charge in [-0.25, -0.2) is 9.18 Å². The molecule has 0 spiro atoms. The van der Waals surface area contributed by atoms with E-state index in [9.17, 15) is 18.8 Å². The van der Waals surface area contributed by atoms with Crippen molar-refractivity contribution in [1.29, 1.82) is 0 Å². The molecule has 0 saturated carbocycles. The molecule has 4 aromatic rings. The van der Waals surface area contributed by atoms with Crippen LogP contribution in [0.3, 0.4) is 0 Å². The number of rotatable bonds is 6. The molecule has 10 heteroatoms. The van der Waals surface area contributed by atoms with Crippen molar-refractivity contribution >= 4 is 44.7 Å². The summed E-state index contributed by atoms with van der Waals surface area (Å²) in [5.41, 5.74) is -0.182.